The van der Waals surface area contributed by atoms with Gasteiger partial charge in [-0.3, -0.25) is 14.9 Å². The summed E-state index contributed by atoms with van der Waals surface area (Å²) in [6.45, 7) is 1.78. The Bertz CT molecular complexity index is 826. The van der Waals surface area contributed by atoms with Crippen LogP contribution in [0.25, 0.3) is 0 Å². The highest BCUT2D eigenvalue weighted by atomic mass is 32.2. The number of para-hydroxylation sites is 1. The van der Waals surface area contributed by atoms with Crippen LogP contribution < -0.4 is 16.0 Å². The number of thioether (sulfide) groups is 1. The summed E-state index contributed by atoms with van der Waals surface area (Å²) >= 11 is 1.14. The summed E-state index contributed by atoms with van der Waals surface area (Å²) in [7, 11) is 0. The fourth-order valence-corrected chi connectivity index (χ4v) is 3.26. The van der Waals surface area contributed by atoms with Gasteiger partial charge in [-0.25, -0.2) is 4.79 Å². The van der Waals surface area contributed by atoms with Crippen LogP contribution in [-0.4, -0.2) is 39.8 Å². The van der Waals surface area contributed by atoms with Crippen LogP contribution in [-0.2, 0) is 16.0 Å². The molecule has 1 fully saturated rings. The van der Waals surface area contributed by atoms with Crippen LogP contribution in [0.15, 0.2) is 40.0 Å². The van der Waals surface area contributed by atoms with E-state index < -0.39 is 6.03 Å². The molecule has 2 heterocycles. The molecule has 142 valence electrons. The molecule has 1 saturated heterocycles. The molecule has 10 heteroatoms. The summed E-state index contributed by atoms with van der Waals surface area (Å²) in [5, 5.41) is 15.8. The van der Waals surface area contributed by atoms with E-state index in [1.54, 1.807) is 19.1 Å². The first-order valence-corrected chi connectivity index (χ1v) is 9.41. The molecule has 1 aliphatic heterocycles. The van der Waals surface area contributed by atoms with Gasteiger partial charge in [-0.1, -0.05) is 30.0 Å². The minimum absolute atomic E-state index is 0.143. The molecule has 9 nitrogen and oxygen atoms in total. The highest BCUT2D eigenvalue weighted by molar-refractivity contribution is 7.99. The van der Waals surface area contributed by atoms with Crippen LogP contribution in [0.2, 0.25) is 0 Å². The molecule has 2 unspecified atom stereocenters. The average molecular weight is 389 g/mol. The molecule has 1 aromatic heterocycles. The van der Waals surface area contributed by atoms with E-state index in [0.29, 0.717) is 24.0 Å². The Morgan fingerprint density at radius 2 is 2.04 bits per heavy atom. The van der Waals surface area contributed by atoms with Gasteiger partial charge in [0.2, 0.25) is 17.7 Å². The number of anilines is 1. The molecule has 0 bridgehead atoms. The third kappa shape index (κ3) is 5.30. The predicted molar refractivity (Wildman–Crippen MR) is 98.0 cm³/mol. The molecule has 0 radical (unpaired) electrons. The lowest BCUT2D eigenvalue weighted by Gasteiger charge is -2.28. The monoisotopic (exact) mass is 389 g/mol. The topological polar surface area (TPSA) is 126 Å². The van der Waals surface area contributed by atoms with E-state index in [4.69, 9.17) is 4.42 Å². The number of benzene rings is 1. The standard InChI is InChI=1S/C17H19N5O4S/c1-10-12(15(24)20-16(25)18-10)7-8-14-21-22-17(26-14)27-9-13(23)19-11-5-3-2-4-6-11/h2-6,10,12H,7-9H2,1H3,(H,19,23)(H2,18,20,24,25). The van der Waals surface area contributed by atoms with Crippen LogP contribution in [0.4, 0.5) is 10.5 Å². The maximum Gasteiger partial charge on any atom is 0.321 e. The molecule has 4 amide bonds. The molecule has 2 atom stereocenters. The predicted octanol–water partition coefficient (Wildman–Crippen LogP) is 1.58. The lowest BCUT2D eigenvalue weighted by atomic mass is 9.93. The number of amides is 4. The van der Waals surface area contributed by atoms with E-state index >= 15 is 0 Å². The lowest BCUT2D eigenvalue weighted by Crippen LogP contribution is -2.57. The quantitative estimate of drug-likeness (QED) is 0.614. The van der Waals surface area contributed by atoms with Crippen LogP contribution in [0.5, 0.6) is 0 Å². The number of aromatic nitrogens is 2. The molecule has 3 rings (SSSR count). The molecule has 1 aromatic carbocycles. The van der Waals surface area contributed by atoms with Gasteiger partial charge in [0.05, 0.1) is 11.7 Å². The SMILES string of the molecule is CC1NC(=O)NC(=O)C1CCc1nnc(SCC(=O)Nc2ccccc2)o1. The molecular formula is C17H19N5O4S. The largest absolute Gasteiger partial charge is 0.416 e. The normalized spacial score (nSPS) is 19.3. The van der Waals surface area contributed by atoms with Gasteiger partial charge in [0.15, 0.2) is 0 Å². The Morgan fingerprint density at radius 1 is 1.26 bits per heavy atom. The number of hydrogen-bond donors (Lipinski definition) is 3. The Kier molecular flexibility index (Phi) is 6.07. The van der Waals surface area contributed by atoms with Gasteiger partial charge in [-0.2, -0.15) is 0 Å². The van der Waals surface area contributed by atoms with Crippen molar-refractivity contribution >= 4 is 35.3 Å². The first kappa shape index (κ1) is 18.9. The van der Waals surface area contributed by atoms with Crippen LogP contribution in [0.1, 0.15) is 19.2 Å². The average Bonchev–Trinajstić information content (AvgIpc) is 3.08. The zero-order chi connectivity index (χ0) is 19.2. The van der Waals surface area contributed by atoms with Crippen molar-refractivity contribution in [2.45, 2.75) is 31.0 Å². The zero-order valence-electron chi connectivity index (χ0n) is 14.6. The van der Waals surface area contributed by atoms with Crippen molar-refractivity contribution < 1.29 is 18.8 Å². The zero-order valence-corrected chi connectivity index (χ0v) is 15.4. The number of carbonyl (C=O) groups is 3. The summed E-state index contributed by atoms with van der Waals surface area (Å²) in [4.78, 5) is 35.0. The number of hydrogen-bond acceptors (Lipinski definition) is 7. The lowest BCUT2D eigenvalue weighted by molar-refractivity contribution is -0.125. The van der Waals surface area contributed by atoms with Gasteiger partial charge >= 0.3 is 6.03 Å². The summed E-state index contributed by atoms with van der Waals surface area (Å²) in [5.41, 5.74) is 0.723. The van der Waals surface area contributed by atoms with E-state index in [1.165, 1.54) is 0 Å². The summed E-state index contributed by atoms with van der Waals surface area (Å²) in [6, 6.07) is 8.42. The van der Waals surface area contributed by atoms with Crippen molar-refractivity contribution in [2.24, 2.45) is 5.92 Å². The second kappa shape index (κ2) is 8.67. The number of urea groups is 1. The van der Waals surface area contributed by atoms with Crippen molar-refractivity contribution in [3.05, 3.63) is 36.2 Å². The molecule has 0 aliphatic carbocycles. The van der Waals surface area contributed by atoms with Crippen molar-refractivity contribution in [1.82, 2.24) is 20.8 Å². The van der Waals surface area contributed by atoms with E-state index in [2.05, 4.69) is 26.1 Å². The molecule has 1 aliphatic rings. The first-order chi connectivity index (χ1) is 13.0. The number of carbonyl (C=O) groups excluding carboxylic acids is 3. The minimum Gasteiger partial charge on any atom is -0.416 e. The Labute approximate surface area is 159 Å². The molecule has 3 N–H and O–H groups in total. The summed E-state index contributed by atoms with van der Waals surface area (Å²) in [6.07, 6.45) is 0.871. The second-order valence-electron chi connectivity index (χ2n) is 6.06. The molecule has 0 spiro atoms. The summed E-state index contributed by atoms with van der Waals surface area (Å²) < 4.78 is 5.51. The summed E-state index contributed by atoms with van der Waals surface area (Å²) in [5.74, 6) is -0.308. The maximum atomic E-state index is 11.9. The van der Waals surface area contributed by atoms with Crippen molar-refractivity contribution in [3.63, 3.8) is 0 Å². The molecule has 0 saturated carbocycles. The van der Waals surface area contributed by atoms with E-state index in [-0.39, 0.29) is 29.5 Å². The van der Waals surface area contributed by atoms with Gasteiger partial charge in [0.25, 0.3) is 5.22 Å². The second-order valence-corrected chi connectivity index (χ2v) is 6.99. The number of imide groups is 1. The Morgan fingerprint density at radius 3 is 2.78 bits per heavy atom. The fraction of sp³-hybridized carbons (Fsp3) is 0.353. The van der Waals surface area contributed by atoms with Crippen molar-refractivity contribution in [1.29, 1.82) is 0 Å². The van der Waals surface area contributed by atoms with E-state index in [1.807, 2.05) is 18.2 Å². The van der Waals surface area contributed by atoms with Crippen molar-refractivity contribution in [3.8, 4) is 0 Å². The Hall–Kier alpha value is -2.88. The number of aryl methyl sites for hydroxylation is 1. The van der Waals surface area contributed by atoms with E-state index in [9.17, 15) is 14.4 Å². The minimum atomic E-state index is -0.478. The third-order valence-corrected chi connectivity index (χ3v) is 4.86. The van der Waals surface area contributed by atoms with E-state index in [0.717, 1.165) is 17.4 Å². The number of nitrogens with zero attached hydrogens (tertiary/aromatic N) is 2. The van der Waals surface area contributed by atoms with Gasteiger partial charge < -0.3 is 15.1 Å². The Balaban J connectivity index is 1.45. The molecule has 2 aromatic rings. The van der Waals surface area contributed by atoms with Crippen LogP contribution in [0.3, 0.4) is 0 Å². The molecule has 27 heavy (non-hydrogen) atoms. The van der Waals surface area contributed by atoms with Gasteiger partial charge in [-0.05, 0) is 25.5 Å². The van der Waals surface area contributed by atoms with Gasteiger partial charge in [0, 0.05) is 18.2 Å². The smallest absolute Gasteiger partial charge is 0.321 e. The fourth-order valence-electron chi connectivity index (χ4n) is 2.68. The van der Waals surface area contributed by atoms with Crippen LogP contribution in [0, 0.1) is 5.92 Å². The molecular weight excluding hydrogens is 370 g/mol. The number of rotatable bonds is 7. The highest BCUT2D eigenvalue weighted by Crippen LogP contribution is 2.20. The van der Waals surface area contributed by atoms with Gasteiger partial charge in [0.1, 0.15) is 0 Å². The number of nitrogens with one attached hydrogen (secondary N) is 3. The van der Waals surface area contributed by atoms with Crippen molar-refractivity contribution in [2.75, 3.05) is 11.1 Å². The first-order valence-electron chi connectivity index (χ1n) is 8.42. The third-order valence-electron chi connectivity index (χ3n) is 4.04. The van der Waals surface area contributed by atoms with Crippen LogP contribution >= 0.6 is 11.8 Å². The maximum absolute atomic E-state index is 11.9. The highest BCUT2D eigenvalue weighted by Gasteiger charge is 2.32. The van der Waals surface area contributed by atoms with Gasteiger partial charge in [-0.15, -0.1) is 10.2 Å².